The lowest BCUT2D eigenvalue weighted by molar-refractivity contribution is -0.138. The van der Waals surface area contributed by atoms with Crippen LogP contribution in [0, 0.1) is 0 Å². The van der Waals surface area contributed by atoms with Gasteiger partial charge in [0, 0.05) is 12.0 Å². The van der Waals surface area contributed by atoms with Crippen molar-refractivity contribution in [3.8, 4) is 0 Å². The van der Waals surface area contributed by atoms with Crippen LogP contribution in [0.2, 0.25) is 0 Å². The van der Waals surface area contributed by atoms with Gasteiger partial charge in [0.2, 0.25) is 0 Å². The molecule has 2 atom stereocenters. The van der Waals surface area contributed by atoms with Crippen LogP contribution in [0.15, 0.2) is 6.20 Å². The molecule has 2 N–H and O–H groups in total. The number of nitrogens with one attached hydrogen (secondary N) is 1. The van der Waals surface area contributed by atoms with Crippen molar-refractivity contribution >= 4 is 11.9 Å². The molecule has 0 radical (unpaired) electrons. The van der Waals surface area contributed by atoms with Crippen molar-refractivity contribution in [2.75, 3.05) is 0 Å². The van der Waals surface area contributed by atoms with E-state index in [1.54, 1.807) is 6.20 Å². The number of carboxylic acid groups (broad SMARTS) is 1. The highest BCUT2D eigenvalue weighted by Crippen LogP contribution is 2.42. The summed E-state index contributed by atoms with van der Waals surface area (Å²) in [6, 6.07) is -0.662. The Morgan fingerprint density at radius 3 is 2.65 bits per heavy atom. The Labute approximate surface area is 118 Å². The Morgan fingerprint density at radius 1 is 1.50 bits per heavy atom. The van der Waals surface area contributed by atoms with Crippen LogP contribution in [-0.2, 0) is 4.79 Å². The van der Waals surface area contributed by atoms with E-state index in [1.807, 2.05) is 4.68 Å². The molecule has 1 aliphatic rings. The normalized spacial score (nSPS) is 17.6. The van der Waals surface area contributed by atoms with Crippen LogP contribution in [0.4, 0.5) is 0 Å². The predicted molar refractivity (Wildman–Crippen MR) is 73.8 cm³/mol. The van der Waals surface area contributed by atoms with Gasteiger partial charge in [-0.3, -0.25) is 14.3 Å². The molecule has 1 aromatic rings. The molecule has 20 heavy (non-hydrogen) atoms. The first-order chi connectivity index (χ1) is 9.45. The average molecular weight is 279 g/mol. The molecule has 1 saturated carbocycles. The molecule has 1 heterocycles. The smallest absolute Gasteiger partial charge is 0.325 e. The highest BCUT2D eigenvalue weighted by atomic mass is 16.4. The van der Waals surface area contributed by atoms with Crippen LogP contribution in [0.25, 0.3) is 0 Å². The first kappa shape index (κ1) is 14.6. The van der Waals surface area contributed by atoms with Gasteiger partial charge in [-0.15, -0.1) is 0 Å². The summed E-state index contributed by atoms with van der Waals surface area (Å²) in [4.78, 5) is 23.0. The maximum absolute atomic E-state index is 12.2. The van der Waals surface area contributed by atoms with Crippen molar-refractivity contribution in [1.29, 1.82) is 0 Å². The van der Waals surface area contributed by atoms with Crippen molar-refractivity contribution in [2.24, 2.45) is 0 Å². The third kappa shape index (κ3) is 2.84. The molecule has 110 valence electrons. The molecule has 1 aliphatic carbocycles. The van der Waals surface area contributed by atoms with E-state index in [0.717, 1.165) is 25.0 Å². The molecule has 1 amide bonds. The summed E-state index contributed by atoms with van der Waals surface area (Å²) in [7, 11) is 0. The second-order valence-corrected chi connectivity index (χ2v) is 5.45. The number of aliphatic carboxylic acids is 1. The highest BCUT2D eigenvalue weighted by Gasteiger charge is 2.33. The summed E-state index contributed by atoms with van der Waals surface area (Å²) >= 11 is 0. The van der Waals surface area contributed by atoms with Gasteiger partial charge >= 0.3 is 5.97 Å². The molecular weight excluding hydrogens is 258 g/mol. The molecule has 2 rings (SSSR count). The van der Waals surface area contributed by atoms with Crippen LogP contribution < -0.4 is 5.32 Å². The second kappa shape index (κ2) is 5.64. The van der Waals surface area contributed by atoms with Gasteiger partial charge in [0.05, 0.1) is 17.5 Å². The molecule has 0 bridgehead atoms. The van der Waals surface area contributed by atoms with Gasteiger partial charge in [-0.05, 0) is 33.1 Å². The molecule has 1 fully saturated rings. The van der Waals surface area contributed by atoms with Crippen molar-refractivity contribution < 1.29 is 14.7 Å². The molecule has 0 spiro atoms. The molecule has 1 aromatic heterocycles. The standard InChI is InChI=1S/C14H21N3O3/c1-4-8(2)17-12(10-5-6-10)11(7-15-17)13(18)16-9(3)14(19)20/h7-10H,4-6H2,1-3H3,(H,16,18)(H,19,20)/t8?,9-/m1/s1. The largest absolute Gasteiger partial charge is 0.480 e. The van der Waals surface area contributed by atoms with Gasteiger partial charge in [-0.25, -0.2) is 0 Å². The van der Waals surface area contributed by atoms with E-state index in [-0.39, 0.29) is 11.9 Å². The van der Waals surface area contributed by atoms with Crippen LogP contribution in [0.1, 0.15) is 68.0 Å². The third-order valence-corrected chi connectivity index (χ3v) is 3.77. The quantitative estimate of drug-likeness (QED) is 0.833. The lowest BCUT2D eigenvalue weighted by Gasteiger charge is -2.15. The summed E-state index contributed by atoms with van der Waals surface area (Å²) < 4.78 is 1.91. The van der Waals surface area contributed by atoms with E-state index in [2.05, 4.69) is 24.3 Å². The van der Waals surface area contributed by atoms with Crippen LogP contribution >= 0.6 is 0 Å². The molecule has 6 heteroatoms. The minimum atomic E-state index is -1.04. The zero-order valence-electron chi connectivity index (χ0n) is 12.1. The van der Waals surface area contributed by atoms with Gasteiger partial charge in [0.1, 0.15) is 6.04 Å². The third-order valence-electron chi connectivity index (χ3n) is 3.77. The lowest BCUT2D eigenvalue weighted by Crippen LogP contribution is -2.38. The van der Waals surface area contributed by atoms with Gasteiger partial charge in [-0.2, -0.15) is 5.10 Å². The van der Waals surface area contributed by atoms with Crippen molar-refractivity contribution in [2.45, 2.75) is 58.0 Å². The van der Waals surface area contributed by atoms with E-state index in [1.165, 1.54) is 6.92 Å². The van der Waals surface area contributed by atoms with Crippen LogP contribution in [0.3, 0.4) is 0 Å². The monoisotopic (exact) mass is 279 g/mol. The highest BCUT2D eigenvalue weighted by molar-refractivity contribution is 5.97. The SMILES string of the molecule is CCC(C)n1ncc(C(=O)N[C@H](C)C(=O)O)c1C1CC1. The van der Waals surface area contributed by atoms with E-state index < -0.39 is 12.0 Å². The number of carboxylic acids is 1. The molecular formula is C14H21N3O3. The van der Waals surface area contributed by atoms with E-state index >= 15 is 0 Å². The molecule has 0 aromatic carbocycles. The number of hydrogen-bond donors (Lipinski definition) is 2. The Hall–Kier alpha value is -1.85. The summed E-state index contributed by atoms with van der Waals surface area (Å²) in [5, 5.41) is 15.7. The lowest BCUT2D eigenvalue weighted by atomic mass is 10.1. The fraction of sp³-hybridized carbons (Fsp3) is 0.643. The van der Waals surface area contributed by atoms with Crippen molar-refractivity contribution in [1.82, 2.24) is 15.1 Å². The van der Waals surface area contributed by atoms with Gasteiger partial charge in [0.25, 0.3) is 5.91 Å². The summed E-state index contributed by atoms with van der Waals surface area (Å²) in [5.74, 6) is -1.01. The van der Waals surface area contributed by atoms with E-state index in [4.69, 9.17) is 5.11 Å². The zero-order valence-corrected chi connectivity index (χ0v) is 12.1. The Balaban J connectivity index is 2.25. The first-order valence-corrected chi connectivity index (χ1v) is 7.06. The summed E-state index contributed by atoms with van der Waals surface area (Å²) in [5.41, 5.74) is 1.47. The molecule has 1 unspecified atom stereocenters. The number of aromatic nitrogens is 2. The maximum Gasteiger partial charge on any atom is 0.325 e. The summed E-state index contributed by atoms with van der Waals surface area (Å²) in [6.45, 7) is 5.60. The van der Waals surface area contributed by atoms with E-state index in [0.29, 0.717) is 11.5 Å². The zero-order chi connectivity index (χ0) is 14.9. The summed E-state index contributed by atoms with van der Waals surface area (Å²) in [6.07, 6.45) is 4.63. The maximum atomic E-state index is 12.2. The topological polar surface area (TPSA) is 84.2 Å². The number of amides is 1. The second-order valence-electron chi connectivity index (χ2n) is 5.45. The predicted octanol–water partition coefficient (Wildman–Crippen LogP) is 1.93. The molecule has 0 aliphatic heterocycles. The molecule has 0 saturated heterocycles. The number of carbonyl (C=O) groups excluding carboxylic acids is 1. The van der Waals surface area contributed by atoms with Gasteiger partial charge < -0.3 is 10.4 Å². The van der Waals surface area contributed by atoms with Crippen molar-refractivity contribution in [3.63, 3.8) is 0 Å². The van der Waals surface area contributed by atoms with Gasteiger partial charge in [0.15, 0.2) is 0 Å². The van der Waals surface area contributed by atoms with E-state index in [9.17, 15) is 9.59 Å². The first-order valence-electron chi connectivity index (χ1n) is 7.06. The van der Waals surface area contributed by atoms with Gasteiger partial charge in [-0.1, -0.05) is 6.92 Å². The minimum absolute atomic E-state index is 0.240. The Morgan fingerprint density at radius 2 is 2.15 bits per heavy atom. The number of hydrogen-bond acceptors (Lipinski definition) is 3. The number of nitrogens with zero attached hydrogens (tertiary/aromatic N) is 2. The fourth-order valence-electron chi connectivity index (χ4n) is 2.17. The number of carbonyl (C=O) groups is 2. The fourth-order valence-corrected chi connectivity index (χ4v) is 2.17. The number of rotatable bonds is 6. The molecule has 6 nitrogen and oxygen atoms in total. The van der Waals surface area contributed by atoms with Crippen LogP contribution in [0.5, 0.6) is 0 Å². The minimum Gasteiger partial charge on any atom is -0.480 e. The van der Waals surface area contributed by atoms with Crippen LogP contribution in [-0.4, -0.2) is 32.8 Å². The Kier molecular flexibility index (Phi) is 4.11. The van der Waals surface area contributed by atoms with Crippen molar-refractivity contribution in [3.05, 3.63) is 17.5 Å². The Bertz CT molecular complexity index is 520. The average Bonchev–Trinajstić information content (AvgIpc) is 3.15.